The molecule has 1 fully saturated rings. The fourth-order valence-corrected chi connectivity index (χ4v) is 3.22. The van der Waals surface area contributed by atoms with Crippen LogP contribution in [0.25, 0.3) is 0 Å². The van der Waals surface area contributed by atoms with Crippen molar-refractivity contribution < 1.29 is 24.1 Å². The zero-order valence-electron chi connectivity index (χ0n) is 16.7. The van der Waals surface area contributed by atoms with E-state index in [-0.39, 0.29) is 24.6 Å². The van der Waals surface area contributed by atoms with Gasteiger partial charge in [0.1, 0.15) is 5.60 Å². The number of hydrogen-bond donors (Lipinski definition) is 1. The minimum atomic E-state index is -0.872. The van der Waals surface area contributed by atoms with Crippen LogP contribution >= 0.6 is 0 Å². The predicted molar refractivity (Wildman–Crippen MR) is 99.4 cm³/mol. The second-order valence-electron chi connectivity index (χ2n) is 8.35. The molecule has 0 bridgehead atoms. The molecule has 1 saturated heterocycles. The van der Waals surface area contributed by atoms with Gasteiger partial charge in [0, 0.05) is 11.5 Å². The van der Waals surface area contributed by atoms with Crippen molar-refractivity contribution in [1.82, 2.24) is 0 Å². The first-order valence-electron chi connectivity index (χ1n) is 9.33. The van der Waals surface area contributed by atoms with Gasteiger partial charge in [0.15, 0.2) is 6.29 Å². The predicted octanol–water partition coefficient (Wildman–Crippen LogP) is 3.86. The number of carbonyl (C=O) groups is 1. The van der Waals surface area contributed by atoms with E-state index in [2.05, 4.69) is 0 Å². The van der Waals surface area contributed by atoms with E-state index in [1.807, 2.05) is 71.9 Å². The average molecular weight is 364 g/mol. The van der Waals surface area contributed by atoms with Gasteiger partial charge in [0.2, 0.25) is 0 Å². The van der Waals surface area contributed by atoms with Gasteiger partial charge >= 0.3 is 5.97 Å². The van der Waals surface area contributed by atoms with Gasteiger partial charge in [-0.15, -0.1) is 0 Å². The van der Waals surface area contributed by atoms with Crippen LogP contribution in [0.2, 0.25) is 0 Å². The summed E-state index contributed by atoms with van der Waals surface area (Å²) in [6.45, 7) is 11.3. The topological polar surface area (TPSA) is 65.0 Å². The van der Waals surface area contributed by atoms with E-state index >= 15 is 0 Å². The van der Waals surface area contributed by atoms with E-state index in [0.717, 1.165) is 5.56 Å². The van der Waals surface area contributed by atoms with Gasteiger partial charge in [-0.25, -0.2) is 0 Å². The van der Waals surface area contributed by atoms with Crippen molar-refractivity contribution in [2.75, 3.05) is 6.61 Å². The first-order chi connectivity index (χ1) is 12.1. The molecule has 5 nitrogen and oxygen atoms in total. The monoisotopic (exact) mass is 364 g/mol. The smallest absolute Gasteiger partial charge is 0.311 e. The van der Waals surface area contributed by atoms with Gasteiger partial charge in [-0.3, -0.25) is 4.79 Å². The lowest BCUT2D eigenvalue weighted by atomic mass is 9.84. The Kier molecular flexibility index (Phi) is 6.48. The maximum atomic E-state index is 12.0. The fourth-order valence-electron chi connectivity index (χ4n) is 3.22. The zero-order chi connectivity index (χ0) is 19.5. The Labute approximate surface area is 156 Å². The highest BCUT2D eigenvalue weighted by Gasteiger charge is 2.52. The highest BCUT2D eigenvalue weighted by molar-refractivity contribution is 5.75. The summed E-state index contributed by atoms with van der Waals surface area (Å²) in [5, 5.41) is 11.0. The van der Waals surface area contributed by atoms with Crippen LogP contribution in [0.4, 0.5) is 0 Å². The molecule has 1 aromatic rings. The van der Waals surface area contributed by atoms with E-state index in [1.165, 1.54) is 0 Å². The summed E-state index contributed by atoms with van der Waals surface area (Å²) in [5.41, 5.74) is -0.511. The van der Waals surface area contributed by atoms with E-state index in [1.54, 1.807) is 0 Å². The number of rotatable bonds is 6. The Balaban J connectivity index is 2.07. The molecule has 0 amide bonds. The lowest BCUT2D eigenvalue weighted by Gasteiger charge is -2.36. The van der Waals surface area contributed by atoms with Crippen LogP contribution in [0.3, 0.4) is 0 Å². The first-order valence-corrected chi connectivity index (χ1v) is 9.33. The maximum absolute atomic E-state index is 12.0. The molecule has 0 saturated carbocycles. The lowest BCUT2D eigenvalue weighted by molar-refractivity contribution is -0.163. The third-order valence-corrected chi connectivity index (χ3v) is 4.95. The summed E-state index contributed by atoms with van der Waals surface area (Å²) < 4.78 is 17.6. The van der Waals surface area contributed by atoms with Crippen molar-refractivity contribution in [3.05, 3.63) is 35.9 Å². The standard InChI is InChI=1S/C21H32O5/c1-7-16-21(6,26-18(25-16)15-11-9-8-10-12-15)17(22)14(2)13-24-19(23)20(3,4)5/h8-12,14,16-18,22H,7,13H2,1-6H3. The molecule has 146 valence electrons. The van der Waals surface area contributed by atoms with Crippen molar-refractivity contribution in [2.45, 2.75) is 72.1 Å². The van der Waals surface area contributed by atoms with E-state index in [4.69, 9.17) is 14.2 Å². The Bertz CT molecular complexity index is 594. The Morgan fingerprint density at radius 1 is 1.31 bits per heavy atom. The molecule has 5 atom stereocenters. The van der Waals surface area contributed by atoms with Gasteiger partial charge < -0.3 is 19.3 Å². The second kappa shape index (κ2) is 8.07. The minimum absolute atomic E-state index is 0.142. The Morgan fingerprint density at radius 2 is 1.92 bits per heavy atom. The lowest BCUT2D eigenvalue weighted by Crippen LogP contribution is -2.51. The molecule has 0 radical (unpaired) electrons. The van der Waals surface area contributed by atoms with Crippen LogP contribution in [0, 0.1) is 11.3 Å². The van der Waals surface area contributed by atoms with Crippen LogP contribution in [0.15, 0.2) is 30.3 Å². The Hall–Kier alpha value is -1.43. The average Bonchev–Trinajstić information content (AvgIpc) is 2.96. The molecule has 5 heteroatoms. The van der Waals surface area contributed by atoms with Gasteiger partial charge in [-0.2, -0.15) is 0 Å². The maximum Gasteiger partial charge on any atom is 0.311 e. The van der Waals surface area contributed by atoms with Crippen LogP contribution in [-0.4, -0.2) is 35.5 Å². The molecule has 1 heterocycles. The van der Waals surface area contributed by atoms with Gasteiger partial charge in [0.05, 0.1) is 24.2 Å². The summed E-state index contributed by atoms with van der Waals surface area (Å²) in [4.78, 5) is 12.0. The summed E-state index contributed by atoms with van der Waals surface area (Å²) >= 11 is 0. The molecule has 1 aliphatic rings. The van der Waals surface area contributed by atoms with E-state index in [0.29, 0.717) is 6.42 Å². The molecule has 0 spiro atoms. The van der Waals surface area contributed by atoms with Crippen LogP contribution in [0.1, 0.15) is 59.8 Å². The highest BCUT2D eigenvalue weighted by atomic mass is 16.7. The summed E-state index contributed by atoms with van der Waals surface area (Å²) in [6, 6.07) is 9.71. The summed E-state index contributed by atoms with van der Waals surface area (Å²) in [6.07, 6.45) is -0.867. The molecule has 0 aromatic heterocycles. The second-order valence-corrected chi connectivity index (χ2v) is 8.35. The molecule has 1 N–H and O–H groups in total. The molecular weight excluding hydrogens is 332 g/mol. The van der Waals surface area contributed by atoms with E-state index in [9.17, 15) is 9.90 Å². The summed E-state index contributed by atoms with van der Waals surface area (Å²) in [7, 11) is 0. The fraction of sp³-hybridized carbons (Fsp3) is 0.667. The molecular formula is C21H32O5. The number of hydrogen-bond acceptors (Lipinski definition) is 5. The van der Waals surface area contributed by atoms with Crippen LogP contribution in [-0.2, 0) is 19.0 Å². The van der Waals surface area contributed by atoms with E-state index < -0.39 is 23.4 Å². The number of aliphatic hydroxyl groups excluding tert-OH is 1. The molecule has 2 rings (SSSR count). The Morgan fingerprint density at radius 3 is 2.46 bits per heavy atom. The number of benzene rings is 1. The minimum Gasteiger partial charge on any atom is -0.465 e. The highest BCUT2D eigenvalue weighted by Crippen LogP contribution is 2.43. The van der Waals surface area contributed by atoms with Gasteiger partial charge in [0.25, 0.3) is 0 Å². The van der Waals surface area contributed by atoms with Crippen molar-refractivity contribution in [3.8, 4) is 0 Å². The number of ether oxygens (including phenoxy) is 3. The summed E-state index contributed by atoms with van der Waals surface area (Å²) in [5.74, 6) is -0.557. The number of aliphatic hydroxyl groups is 1. The van der Waals surface area contributed by atoms with Crippen molar-refractivity contribution >= 4 is 5.97 Å². The van der Waals surface area contributed by atoms with Crippen molar-refractivity contribution in [2.24, 2.45) is 11.3 Å². The zero-order valence-corrected chi connectivity index (χ0v) is 16.7. The SMILES string of the molecule is CCC1OC(c2ccccc2)OC1(C)C(O)C(C)COC(=O)C(C)(C)C. The number of esters is 1. The van der Waals surface area contributed by atoms with Crippen molar-refractivity contribution in [3.63, 3.8) is 0 Å². The normalized spacial score (nSPS) is 28.6. The van der Waals surface area contributed by atoms with Crippen molar-refractivity contribution in [1.29, 1.82) is 0 Å². The molecule has 1 aromatic carbocycles. The third kappa shape index (κ3) is 4.45. The molecule has 26 heavy (non-hydrogen) atoms. The molecule has 0 aliphatic carbocycles. The largest absolute Gasteiger partial charge is 0.465 e. The first kappa shape index (κ1) is 20.9. The van der Waals surface area contributed by atoms with Gasteiger partial charge in [-0.05, 0) is 34.1 Å². The third-order valence-electron chi connectivity index (χ3n) is 4.95. The van der Waals surface area contributed by atoms with Gasteiger partial charge in [-0.1, -0.05) is 44.2 Å². The van der Waals surface area contributed by atoms with Crippen LogP contribution in [0.5, 0.6) is 0 Å². The molecule has 1 aliphatic heterocycles. The number of carbonyl (C=O) groups excluding carboxylic acids is 1. The quantitative estimate of drug-likeness (QED) is 0.777. The molecule has 5 unspecified atom stereocenters. The van der Waals surface area contributed by atoms with Crippen LogP contribution < -0.4 is 0 Å².